The summed E-state index contributed by atoms with van der Waals surface area (Å²) in [7, 11) is 0. The quantitative estimate of drug-likeness (QED) is 0.877. The monoisotopic (exact) mass is 317 g/mol. The molecule has 0 heterocycles. The average Bonchev–Trinajstić information content (AvgIpc) is 2.30. The van der Waals surface area contributed by atoms with Crippen LogP contribution in [0.4, 0.5) is 4.39 Å². The summed E-state index contributed by atoms with van der Waals surface area (Å²) in [6.07, 6.45) is 0.578. The summed E-state index contributed by atoms with van der Waals surface area (Å²) < 4.78 is 13.9. The fourth-order valence-electron chi connectivity index (χ4n) is 1.48. The Balaban J connectivity index is 2.69. The molecule has 0 aliphatic heterocycles. The number of nitrogens with one attached hydrogen (secondary N) is 1. The van der Waals surface area contributed by atoms with E-state index < -0.39 is 11.7 Å². The SMILES string of the molecule is CC(C)(CCO)CNC(=O)c1cccc(Br)c1F. The van der Waals surface area contributed by atoms with Crippen molar-refractivity contribution < 1.29 is 14.3 Å². The minimum Gasteiger partial charge on any atom is -0.396 e. The molecule has 0 fully saturated rings. The van der Waals surface area contributed by atoms with Crippen LogP contribution >= 0.6 is 15.9 Å². The van der Waals surface area contributed by atoms with Gasteiger partial charge in [-0.1, -0.05) is 19.9 Å². The molecule has 0 radical (unpaired) electrons. The molecule has 1 rings (SSSR count). The molecule has 0 aliphatic carbocycles. The number of aliphatic hydroxyl groups excluding tert-OH is 1. The molecule has 3 nitrogen and oxygen atoms in total. The van der Waals surface area contributed by atoms with Gasteiger partial charge >= 0.3 is 0 Å². The van der Waals surface area contributed by atoms with Crippen molar-refractivity contribution in [1.29, 1.82) is 0 Å². The van der Waals surface area contributed by atoms with Crippen molar-refractivity contribution in [1.82, 2.24) is 5.32 Å². The van der Waals surface area contributed by atoms with Gasteiger partial charge in [0.05, 0.1) is 10.0 Å². The molecular weight excluding hydrogens is 301 g/mol. The van der Waals surface area contributed by atoms with E-state index in [1.54, 1.807) is 12.1 Å². The van der Waals surface area contributed by atoms with Gasteiger partial charge in [0.15, 0.2) is 0 Å². The normalized spacial score (nSPS) is 11.4. The first-order chi connectivity index (χ1) is 8.37. The first-order valence-corrected chi connectivity index (χ1v) is 6.50. The van der Waals surface area contributed by atoms with Crippen LogP contribution in [-0.2, 0) is 0 Å². The zero-order valence-corrected chi connectivity index (χ0v) is 12.1. The predicted molar refractivity (Wildman–Crippen MR) is 71.9 cm³/mol. The van der Waals surface area contributed by atoms with Crippen LogP contribution < -0.4 is 5.32 Å². The van der Waals surface area contributed by atoms with Crippen molar-refractivity contribution in [3.63, 3.8) is 0 Å². The van der Waals surface area contributed by atoms with Gasteiger partial charge in [-0.3, -0.25) is 4.79 Å². The van der Waals surface area contributed by atoms with Crippen LogP contribution in [-0.4, -0.2) is 24.2 Å². The van der Waals surface area contributed by atoms with Crippen LogP contribution in [0.15, 0.2) is 22.7 Å². The standard InChI is InChI=1S/C13H17BrFNO2/c1-13(2,6-7-17)8-16-12(18)9-4-3-5-10(14)11(9)15/h3-5,17H,6-8H2,1-2H3,(H,16,18). The van der Waals surface area contributed by atoms with E-state index in [0.29, 0.717) is 13.0 Å². The van der Waals surface area contributed by atoms with Crippen LogP contribution in [0.5, 0.6) is 0 Å². The third-order valence-electron chi connectivity index (χ3n) is 2.71. The molecule has 1 aromatic carbocycles. The lowest BCUT2D eigenvalue weighted by Gasteiger charge is -2.23. The Labute approximate surface area is 115 Å². The van der Waals surface area contributed by atoms with E-state index in [1.807, 2.05) is 13.8 Å². The Hall–Kier alpha value is -0.940. The Morgan fingerprint density at radius 2 is 2.17 bits per heavy atom. The smallest absolute Gasteiger partial charge is 0.254 e. The van der Waals surface area contributed by atoms with Crippen LogP contribution in [0.25, 0.3) is 0 Å². The Bertz CT molecular complexity index is 435. The molecule has 2 N–H and O–H groups in total. The van der Waals surface area contributed by atoms with Crippen molar-refractivity contribution in [3.8, 4) is 0 Å². The number of amides is 1. The average molecular weight is 318 g/mol. The highest BCUT2D eigenvalue weighted by atomic mass is 79.9. The van der Waals surface area contributed by atoms with E-state index in [2.05, 4.69) is 21.2 Å². The summed E-state index contributed by atoms with van der Waals surface area (Å²) in [5.41, 5.74) is -0.198. The topological polar surface area (TPSA) is 49.3 Å². The van der Waals surface area contributed by atoms with Crippen LogP contribution in [0, 0.1) is 11.2 Å². The number of halogens is 2. The first kappa shape index (κ1) is 15.1. The van der Waals surface area contributed by atoms with Gasteiger partial charge in [0.25, 0.3) is 5.91 Å². The fraction of sp³-hybridized carbons (Fsp3) is 0.462. The molecular formula is C13H17BrFNO2. The molecule has 0 atom stereocenters. The minimum atomic E-state index is -0.560. The molecule has 0 spiro atoms. The third kappa shape index (κ3) is 4.07. The lowest BCUT2D eigenvalue weighted by molar-refractivity contribution is 0.0924. The number of hydrogen-bond donors (Lipinski definition) is 2. The molecule has 0 saturated heterocycles. The zero-order valence-electron chi connectivity index (χ0n) is 10.5. The number of benzene rings is 1. The van der Waals surface area contributed by atoms with Crippen molar-refractivity contribution >= 4 is 21.8 Å². The van der Waals surface area contributed by atoms with Gasteiger partial charge in [-0.25, -0.2) is 4.39 Å². The number of hydrogen-bond acceptors (Lipinski definition) is 2. The molecule has 0 aliphatic rings. The maximum atomic E-state index is 13.7. The van der Waals surface area contributed by atoms with Crippen molar-refractivity contribution in [2.45, 2.75) is 20.3 Å². The zero-order chi connectivity index (χ0) is 13.8. The molecule has 0 bridgehead atoms. The second-order valence-electron chi connectivity index (χ2n) is 4.92. The van der Waals surface area contributed by atoms with Gasteiger partial charge in [-0.05, 0) is 39.9 Å². The molecule has 5 heteroatoms. The molecule has 18 heavy (non-hydrogen) atoms. The van der Waals surface area contributed by atoms with Gasteiger partial charge in [0.1, 0.15) is 5.82 Å². The number of aliphatic hydroxyl groups is 1. The van der Waals surface area contributed by atoms with E-state index in [0.717, 1.165) is 0 Å². The van der Waals surface area contributed by atoms with Crippen LogP contribution in [0.2, 0.25) is 0 Å². The van der Waals surface area contributed by atoms with Gasteiger partial charge in [0.2, 0.25) is 0 Å². The number of carbonyl (C=O) groups excluding carboxylic acids is 1. The predicted octanol–water partition coefficient (Wildman–Crippen LogP) is 2.73. The summed E-state index contributed by atoms with van der Waals surface area (Å²) in [4.78, 5) is 11.8. The first-order valence-electron chi connectivity index (χ1n) is 5.70. The Morgan fingerprint density at radius 1 is 1.50 bits per heavy atom. The second-order valence-corrected chi connectivity index (χ2v) is 5.78. The van der Waals surface area contributed by atoms with Gasteiger partial charge in [-0.2, -0.15) is 0 Å². The van der Waals surface area contributed by atoms with E-state index in [1.165, 1.54) is 6.07 Å². The second kappa shape index (κ2) is 6.29. The Kier molecular flexibility index (Phi) is 5.28. The van der Waals surface area contributed by atoms with Gasteiger partial charge in [0, 0.05) is 13.2 Å². The van der Waals surface area contributed by atoms with E-state index in [-0.39, 0.29) is 22.1 Å². The highest BCUT2D eigenvalue weighted by Crippen LogP contribution is 2.20. The summed E-state index contributed by atoms with van der Waals surface area (Å²) in [5.74, 6) is -1.00. The molecule has 0 aromatic heterocycles. The molecule has 0 unspecified atom stereocenters. The lowest BCUT2D eigenvalue weighted by Crippen LogP contribution is -2.35. The Morgan fingerprint density at radius 3 is 2.78 bits per heavy atom. The van der Waals surface area contributed by atoms with Crippen molar-refractivity contribution in [3.05, 3.63) is 34.1 Å². The van der Waals surface area contributed by atoms with E-state index in [4.69, 9.17) is 5.11 Å². The van der Waals surface area contributed by atoms with Gasteiger partial charge in [-0.15, -0.1) is 0 Å². The largest absolute Gasteiger partial charge is 0.396 e. The highest BCUT2D eigenvalue weighted by Gasteiger charge is 2.20. The molecule has 1 aromatic rings. The van der Waals surface area contributed by atoms with E-state index in [9.17, 15) is 9.18 Å². The maximum absolute atomic E-state index is 13.7. The maximum Gasteiger partial charge on any atom is 0.254 e. The summed E-state index contributed by atoms with van der Waals surface area (Å²) in [6.45, 7) is 4.31. The third-order valence-corrected chi connectivity index (χ3v) is 3.32. The van der Waals surface area contributed by atoms with Crippen molar-refractivity contribution in [2.75, 3.05) is 13.2 Å². The van der Waals surface area contributed by atoms with E-state index >= 15 is 0 Å². The van der Waals surface area contributed by atoms with Crippen LogP contribution in [0.1, 0.15) is 30.6 Å². The number of rotatable bonds is 5. The molecule has 1 amide bonds. The highest BCUT2D eigenvalue weighted by molar-refractivity contribution is 9.10. The number of carbonyl (C=O) groups is 1. The van der Waals surface area contributed by atoms with Gasteiger partial charge < -0.3 is 10.4 Å². The summed E-state index contributed by atoms with van der Waals surface area (Å²) in [6, 6.07) is 4.59. The fourth-order valence-corrected chi connectivity index (χ4v) is 1.85. The summed E-state index contributed by atoms with van der Waals surface area (Å²) in [5, 5.41) is 11.6. The molecule has 0 saturated carbocycles. The molecule has 100 valence electrons. The van der Waals surface area contributed by atoms with Crippen molar-refractivity contribution in [2.24, 2.45) is 5.41 Å². The summed E-state index contributed by atoms with van der Waals surface area (Å²) >= 11 is 3.04. The lowest BCUT2D eigenvalue weighted by atomic mass is 9.89. The van der Waals surface area contributed by atoms with Crippen LogP contribution in [0.3, 0.4) is 0 Å². The minimum absolute atomic E-state index is 0.0178.